The summed E-state index contributed by atoms with van der Waals surface area (Å²) in [5.74, 6) is 0.612. The summed E-state index contributed by atoms with van der Waals surface area (Å²) in [5, 5.41) is 2.98. The molecule has 2 aliphatic rings. The average Bonchev–Trinajstić information content (AvgIpc) is 2.84. The number of nitrogens with zero attached hydrogens (tertiary/aromatic N) is 4. The van der Waals surface area contributed by atoms with E-state index in [2.05, 4.69) is 27.1 Å². The van der Waals surface area contributed by atoms with Gasteiger partial charge in [0.25, 0.3) is 5.91 Å². The van der Waals surface area contributed by atoms with Crippen LogP contribution in [0.4, 0.5) is 5.82 Å². The highest BCUT2D eigenvalue weighted by atomic mass is 32.2. The van der Waals surface area contributed by atoms with Gasteiger partial charge in [0.05, 0.1) is 4.90 Å². The number of likely N-dealkylation sites (N-methyl/N-ethyl adjacent to an activating group) is 1. The van der Waals surface area contributed by atoms with E-state index in [1.807, 2.05) is 19.1 Å². The van der Waals surface area contributed by atoms with Gasteiger partial charge in [0, 0.05) is 63.1 Å². The lowest BCUT2D eigenvalue weighted by atomic mass is 10.1. The Kier molecular flexibility index (Phi) is 7.31. The number of pyridine rings is 1. The number of hydrogen-bond donors (Lipinski definition) is 1. The van der Waals surface area contributed by atoms with E-state index in [0.29, 0.717) is 25.2 Å². The Morgan fingerprint density at radius 2 is 1.76 bits per heavy atom. The third-order valence-corrected chi connectivity index (χ3v) is 8.41. The maximum atomic E-state index is 13.1. The fourth-order valence-corrected chi connectivity index (χ4v) is 5.95. The monoisotopic (exact) mass is 471 g/mol. The first kappa shape index (κ1) is 23.7. The van der Waals surface area contributed by atoms with E-state index in [1.165, 1.54) is 10.4 Å². The molecule has 0 unspecified atom stereocenters. The molecular formula is C24H33N5O3S. The standard InChI is InChI=1S/C24H33N5O3S/c1-19-8-9-21(33(31,32)29-11-4-3-5-12-29)17-22(19)24(30)26-18-20-7-6-10-25-23(20)28-15-13-27(2)14-16-28/h6-10,17H,3-5,11-16,18H2,1-2H3,(H,26,30). The highest BCUT2D eigenvalue weighted by molar-refractivity contribution is 7.89. The molecule has 2 fully saturated rings. The molecular weight excluding hydrogens is 438 g/mol. The molecule has 2 aliphatic heterocycles. The number of piperidine rings is 1. The highest BCUT2D eigenvalue weighted by Crippen LogP contribution is 2.23. The van der Waals surface area contributed by atoms with Gasteiger partial charge in [0.2, 0.25) is 10.0 Å². The second-order valence-electron chi connectivity index (χ2n) is 8.90. The molecule has 1 aromatic carbocycles. The number of anilines is 1. The van der Waals surface area contributed by atoms with Crippen LogP contribution in [0.2, 0.25) is 0 Å². The van der Waals surface area contributed by atoms with Crippen molar-refractivity contribution < 1.29 is 13.2 Å². The van der Waals surface area contributed by atoms with E-state index in [-0.39, 0.29) is 10.8 Å². The molecule has 9 heteroatoms. The van der Waals surface area contributed by atoms with Crippen molar-refractivity contribution >= 4 is 21.7 Å². The van der Waals surface area contributed by atoms with Crippen molar-refractivity contribution in [2.45, 2.75) is 37.6 Å². The van der Waals surface area contributed by atoms with Gasteiger partial charge in [-0.25, -0.2) is 13.4 Å². The van der Waals surface area contributed by atoms with Gasteiger partial charge in [-0.2, -0.15) is 4.31 Å². The highest BCUT2D eigenvalue weighted by Gasteiger charge is 2.27. The minimum Gasteiger partial charge on any atom is -0.354 e. The first-order valence-corrected chi connectivity index (χ1v) is 13.1. The van der Waals surface area contributed by atoms with Gasteiger partial charge < -0.3 is 15.1 Å². The predicted molar refractivity (Wildman–Crippen MR) is 129 cm³/mol. The van der Waals surface area contributed by atoms with Crippen LogP contribution in [-0.2, 0) is 16.6 Å². The van der Waals surface area contributed by atoms with Crippen molar-refractivity contribution in [3.63, 3.8) is 0 Å². The van der Waals surface area contributed by atoms with Gasteiger partial charge in [-0.15, -0.1) is 0 Å². The molecule has 0 spiro atoms. The zero-order chi connectivity index (χ0) is 23.4. The Morgan fingerprint density at radius 3 is 2.48 bits per heavy atom. The van der Waals surface area contributed by atoms with E-state index >= 15 is 0 Å². The van der Waals surface area contributed by atoms with Crippen LogP contribution in [0.3, 0.4) is 0 Å². The minimum absolute atomic E-state index is 0.180. The van der Waals surface area contributed by atoms with E-state index in [4.69, 9.17) is 0 Å². The molecule has 0 aliphatic carbocycles. The maximum Gasteiger partial charge on any atom is 0.251 e. The Morgan fingerprint density at radius 1 is 1.03 bits per heavy atom. The summed E-state index contributed by atoms with van der Waals surface area (Å²) in [6.07, 6.45) is 4.58. The van der Waals surface area contributed by atoms with Gasteiger partial charge in [-0.05, 0) is 50.6 Å². The molecule has 1 N–H and O–H groups in total. The summed E-state index contributed by atoms with van der Waals surface area (Å²) >= 11 is 0. The van der Waals surface area contributed by atoms with Crippen molar-refractivity contribution in [2.75, 3.05) is 51.2 Å². The average molecular weight is 472 g/mol. The molecule has 0 radical (unpaired) electrons. The predicted octanol–water partition coefficient (Wildman–Crippen LogP) is 2.25. The Balaban J connectivity index is 1.49. The van der Waals surface area contributed by atoms with Crippen LogP contribution in [0.25, 0.3) is 0 Å². The number of aromatic nitrogens is 1. The van der Waals surface area contributed by atoms with Crippen LogP contribution in [-0.4, -0.2) is 74.8 Å². The summed E-state index contributed by atoms with van der Waals surface area (Å²) < 4.78 is 27.7. The second kappa shape index (κ2) is 10.2. The fourth-order valence-electron chi connectivity index (χ4n) is 4.40. The van der Waals surface area contributed by atoms with Crippen molar-refractivity contribution in [2.24, 2.45) is 0 Å². The molecule has 0 atom stereocenters. The van der Waals surface area contributed by atoms with Gasteiger partial charge in [-0.1, -0.05) is 18.6 Å². The van der Waals surface area contributed by atoms with Gasteiger partial charge in [-0.3, -0.25) is 4.79 Å². The topological polar surface area (TPSA) is 85.8 Å². The Labute approximate surface area is 196 Å². The Hall–Kier alpha value is -2.49. The summed E-state index contributed by atoms with van der Waals surface area (Å²) in [5.41, 5.74) is 2.08. The van der Waals surface area contributed by atoms with Crippen molar-refractivity contribution in [3.05, 3.63) is 53.2 Å². The number of nitrogens with one attached hydrogen (secondary N) is 1. The van der Waals surface area contributed by atoms with Crippen molar-refractivity contribution in [3.8, 4) is 0 Å². The minimum atomic E-state index is -3.59. The fraction of sp³-hybridized carbons (Fsp3) is 0.500. The number of hydrogen-bond acceptors (Lipinski definition) is 6. The lowest BCUT2D eigenvalue weighted by molar-refractivity contribution is 0.0950. The van der Waals surface area contributed by atoms with Gasteiger partial charge in [0.15, 0.2) is 0 Å². The molecule has 33 heavy (non-hydrogen) atoms. The molecule has 0 bridgehead atoms. The van der Waals surface area contributed by atoms with E-state index in [9.17, 15) is 13.2 Å². The van der Waals surface area contributed by atoms with E-state index in [0.717, 1.165) is 62.4 Å². The van der Waals surface area contributed by atoms with Crippen molar-refractivity contribution in [1.82, 2.24) is 19.5 Å². The number of benzene rings is 1. The smallest absolute Gasteiger partial charge is 0.251 e. The number of amides is 1. The van der Waals surface area contributed by atoms with Crippen LogP contribution < -0.4 is 10.2 Å². The molecule has 2 aromatic rings. The number of sulfonamides is 1. The third-order valence-electron chi connectivity index (χ3n) is 6.52. The zero-order valence-corrected chi connectivity index (χ0v) is 20.3. The zero-order valence-electron chi connectivity index (χ0n) is 19.5. The Bertz CT molecular complexity index is 1090. The van der Waals surface area contributed by atoms with Gasteiger partial charge >= 0.3 is 0 Å². The number of carbonyl (C=O) groups is 1. The van der Waals surface area contributed by atoms with Crippen LogP contribution in [0.15, 0.2) is 41.4 Å². The SMILES string of the molecule is Cc1ccc(S(=O)(=O)N2CCCCC2)cc1C(=O)NCc1cccnc1N1CCN(C)CC1. The molecule has 0 saturated carbocycles. The first-order chi connectivity index (χ1) is 15.9. The first-order valence-electron chi connectivity index (χ1n) is 11.6. The third kappa shape index (κ3) is 5.37. The van der Waals surface area contributed by atoms with Gasteiger partial charge in [0.1, 0.15) is 5.82 Å². The summed E-state index contributed by atoms with van der Waals surface area (Å²) in [7, 11) is -1.49. The van der Waals surface area contributed by atoms with Crippen LogP contribution >= 0.6 is 0 Å². The molecule has 178 valence electrons. The second-order valence-corrected chi connectivity index (χ2v) is 10.8. The maximum absolute atomic E-state index is 13.1. The molecule has 3 heterocycles. The molecule has 2 saturated heterocycles. The number of carbonyl (C=O) groups excluding carboxylic acids is 1. The normalized spacial score (nSPS) is 18.3. The van der Waals surface area contributed by atoms with E-state index in [1.54, 1.807) is 18.3 Å². The van der Waals surface area contributed by atoms with E-state index < -0.39 is 10.0 Å². The summed E-state index contributed by atoms with van der Waals surface area (Å²) in [6.45, 7) is 6.96. The van der Waals surface area contributed by atoms with Crippen LogP contribution in [0, 0.1) is 6.92 Å². The summed E-state index contributed by atoms with van der Waals surface area (Å²) in [4.78, 5) is 22.3. The molecule has 1 aromatic heterocycles. The molecule has 1 amide bonds. The largest absolute Gasteiger partial charge is 0.354 e. The molecule has 8 nitrogen and oxygen atoms in total. The van der Waals surface area contributed by atoms with Crippen LogP contribution in [0.5, 0.6) is 0 Å². The number of aryl methyl sites for hydroxylation is 1. The summed E-state index contributed by atoms with van der Waals surface area (Å²) in [6, 6.07) is 8.68. The lowest BCUT2D eigenvalue weighted by Crippen LogP contribution is -2.45. The lowest BCUT2D eigenvalue weighted by Gasteiger charge is -2.34. The number of piperazine rings is 1. The van der Waals surface area contributed by atoms with Crippen molar-refractivity contribution in [1.29, 1.82) is 0 Å². The number of rotatable bonds is 6. The van der Waals surface area contributed by atoms with Crippen LogP contribution in [0.1, 0.15) is 40.7 Å². The molecule has 4 rings (SSSR count). The quantitative estimate of drug-likeness (QED) is 0.696.